The average molecular weight is 366 g/mol. The lowest BCUT2D eigenvalue weighted by Gasteiger charge is -2.27. The topological polar surface area (TPSA) is 94.2 Å². The molecule has 1 atom stereocenters. The van der Waals surface area contributed by atoms with Crippen LogP contribution in [0, 0.1) is 0 Å². The molecule has 0 aromatic carbocycles. The summed E-state index contributed by atoms with van der Waals surface area (Å²) in [7, 11) is 0. The number of alkyl halides is 1. The lowest BCUT2D eigenvalue weighted by atomic mass is 10.2. The van der Waals surface area contributed by atoms with Gasteiger partial charge in [-0.05, 0) is 33.6 Å². The zero-order valence-corrected chi connectivity index (χ0v) is 15.2. The highest BCUT2D eigenvalue weighted by Crippen LogP contribution is 2.31. The van der Waals surface area contributed by atoms with Crippen molar-refractivity contribution < 1.29 is 13.9 Å². The predicted octanol–water partition coefficient (Wildman–Crippen LogP) is 3.34. The maximum Gasteiger partial charge on any atom is 0.410 e. The molecule has 0 spiro atoms. The van der Waals surface area contributed by atoms with E-state index in [2.05, 4.69) is 20.2 Å². The van der Waals surface area contributed by atoms with Gasteiger partial charge in [0.25, 0.3) is 5.89 Å². The van der Waals surface area contributed by atoms with Gasteiger partial charge in [0, 0.05) is 18.9 Å². The molecule has 9 heteroatoms. The van der Waals surface area contributed by atoms with E-state index in [9.17, 15) is 4.79 Å². The summed E-state index contributed by atoms with van der Waals surface area (Å²) in [5, 5.41) is 7.71. The summed E-state index contributed by atoms with van der Waals surface area (Å²) in [6.07, 6.45) is 4.57. The van der Waals surface area contributed by atoms with Crippen molar-refractivity contribution in [3.05, 3.63) is 24.1 Å². The molecule has 1 fully saturated rings. The van der Waals surface area contributed by atoms with Crippen LogP contribution in [0.5, 0.6) is 0 Å². The van der Waals surface area contributed by atoms with Crippen LogP contribution in [0.2, 0.25) is 0 Å². The van der Waals surface area contributed by atoms with Crippen molar-refractivity contribution in [3.8, 4) is 11.5 Å². The Morgan fingerprint density at radius 2 is 2.08 bits per heavy atom. The molecule has 25 heavy (non-hydrogen) atoms. The van der Waals surface area contributed by atoms with E-state index < -0.39 is 5.60 Å². The van der Waals surface area contributed by atoms with Crippen LogP contribution in [-0.2, 0) is 10.6 Å². The summed E-state index contributed by atoms with van der Waals surface area (Å²) in [4.78, 5) is 22.8. The number of hydrogen-bond acceptors (Lipinski definition) is 7. The van der Waals surface area contributed by atoms with Crippen molar-refractivity contribution >= 4 is 17.7 Å². The summed E-state index contributed by atoms with van der Waals surface area (Å²) in [5.74, 6) is 1.38. The maximum atomic E-state index is 12.4. The summed E-state index contributed by atoms with van der Waals surface area (Å²) < 4.78 is 10.8. The number of aromatic nitrogens is 4. The fourth-order valence-electron chi connectivity index (χ4n) is 2.62. The van der Waals surface area contributed by atoms with E-state index >= 15 is 0 Å². The Morgan fingerprint density at radius 1 is 1.36 bits per heavy atom. The molecular weight excluding hydrogens is 346 g/mol. The van der Waals surface area contributed by atoms with Gasteiger partial charge in [-0.2, -0.15) is 0 Å². The van der Waals surface area contributed by atoms with E-state index in [1.54, 1.807) is 17.3 Å². The quantitative estimate of drug-likeness (QED) is 0.770. The van der Waals surface area contributed by atoms with E-state index in [-0.39, 0.29) is 18.0 Å². The van der Waals surface area contributed by atoms with Gasteiger partial charge in [0.05, 0.1) is 11.6 Å². The van der Waals surface area contributed by atoms with Crippen molar-refractivity contribution in [1.82, 2.24) is 25.1 Å². The fraction of sp³-hybridized carbons (Fsp3) is 0.562. The highest BCUT2D eigenvalue weighted by Gasteiger charge is 2.34. The first kappa shape index (κ1) is 17.6. The molecular formula is C16H20ClN5O3. The van der Waals surface area contributed by atoms with Crippen molar-refractivity contribution in [2.45, 2.75) is 51.1 Å². The number of hydrogen-bond donors (Lipinski definition) is 0. The normalized spacial score (nSPS) is 17.8. The number of ether oxygens (including phenoxy) is 1. The molecule has 0 aliphatic carbocycles. The molecule has 8 nitrogen and oxygen atoms in total. The van der Waals surface area contributed by atoms with Crippen LogP contribution in [0.25, 0.3) is 11.5 Å². The van der Waals surface area contributed by atoms with E-state index in [0.29, 0.717) is 29.7 Å². The largest absolute Gasteiger partial charge is 0.444 e. The number of nitrogens with zero attached hydrogens (tertiary/aromatic N) is 5. The molecule has 134 valence electrons. The molecule has 0 saturated carbocycles. The van der Waals surface area contributed by atoms with E-state index in [1.807, 2.05) is 20.8 Å². The van der Waals surface area contributed by atoms with Crippen molar-refractivity contribution in [2.24, 2.45) is 0 Å². The molecule has 3 rings (SSSR count). The SMILES string of the molecule is CC(C)(C)OC(=O)N1CCCC1c1ncc(-c2nnc(CCl)o2)cn1. The molecule has 1 aliphatic heterocycles. The summed E-state index contributed by atoms with van der Waals surface area (Å²) in [5.41, 5.74) is 0.0713. The highest BCUT2D eigenvalue weighted by molar-refractivity contribution is 6.16. The van der Waals surface area contributed by atoms with Crippen LogP contribution in [0.15, 0.2) is 16.8 Å². The first-order valence-corrected chi connectivity index (χ1v) is 8.61. The predicted molar refractivity (Wildman–Crippen MR) is 89.8 cm³/mol. The lowest BCUT2D eigenvalue weighted by Crippen LogP contribution is -2.36. The Labute approximate surface area is 150 Å². The van der Waals surface area contributed by atoms with Crippen LogP contribution < -0.4 is 0 Å². The van der Waals surface area contributed by atoms with Gasteiger partial charge in [0.15, 0.2) is 5.82 Å². The van der Waals surface area contributed by atoms with Gasteiger partial charge in [0.1, 0.15) is 11.5 Å². The van der Waals surface area contributed by atoms with Crippen LogP contribution in [0.1, 0.15) is 51.4 Å². The van der Waals surface area contributed by atoms with Crippen molar-refractivity contribution in [2.75, 3.05) is 6.54 Å². The fourth-order valence-corrected chi connectivity index (χ4v) is 2.73. The molecule has 2 aromatic heterocycles. The molecule has 1 amide bonds. The first-order chi connectivity index (χ1) is 11.9. The minimum absolute atomic E-state index is 0.152. The third kappa shape index (κ3) is 4.07. The molecule has 1 aliphatic rings. The number of carbonyl (C=O) groups excluding carboxylic acids is 1. The molecule has 2 aromatic rings. The van der Waals surface area contributed by atoms with Crippen molar-refractivity contribution in [3.63, 3.8) is 0 Å². The van der Waals surface area contributed by atoms with Gasteiger partial charge in [0.2, 0.25) is 5.89 Å². The zero-order chi connectivity index (χ0) is 18.0. The standard InChI is InChI=1S/C16H20ClN5O3/c1-16(2,3)25-15(23)22-6-4-5-11(22)13-18-8-10(9-19-13)14-21-20-12(7-17)24-14/h8-9,11H,4-7H2,1-3H3. The van der Waals surface area contributed by atoms with Gasteiger partial charge in [-0.1, -0.05) is 0 Å². The van der Waals surface area contributed by atoms with Gasteiger partial charge < -0.3 is 9.15 Å². The second-order valence-corrected chi connectivity index (χ2v) is 7.06. The Kier molecular flexibility index (Phi) is 4.89. The van der Waals surface area contributed by atoms with E-state index in [4.69, 9.17) is 20.8 Å². The van der Waals surface area contributed by atoms with Crippen LogP contribution >= 0.6 is 11.6 Å². The van der Waals surface area contributed by atoms with E-state index in [0.717, 1.165) is 12.8 Å². The Morgan fingerprint density at radius 3 is 2.68 bits per heavy atom. The summed E-state index contributed by atoms with van der Waals surface area (Å²) >= 11 is 5.65. The Hall–Kier alpha value is -2.22. The van der Waals surface area contributed by atoms with E-state index in [1.165, 1.54) is 0 Å². The Bertz CT molecular complexity index is 741. The van der Waals surface area contributed by atoms with Gasteiger partial charge in [-0.15, -0.1) is 21.8 Å². The number of amides is 1. The average Bonchev–Trinajstić information content (AvgIpc) is 3.23. The van der Waals surface area contributed by atoms with Crippen LogP contribution in [-0.4, -0.2) is 43.3 Å². The van der Waals surface area contributed by atoms with Crippen LogP contribution in [0.3, 0.4) is 0 Å². The second kappa shape index (κ2) is 6.95. The zero-order valence-electron chi connectivity index (χ0n) is 14.4. The first-order valence-electron chi connectivity index (χ1n) is 8.07. The highest BCUT2D eigenvalue weighted by atomic mass is 35.5. The molecule has 1 unspecified atom stereocenters. The number of carbonyl (C=O) groups is 1. The molecule has 3 heterocycles. The second-order valence-electron chi connectivity index (χ2n) is 6.80. The third-order valence-corrected chi connectivity index (χ3v) is 3.91. The minimum atomic E-state index is -0.535. The molecule has 0 radical (unpaired) electrons. The van der Waals surface area contributed by atoms with Crippen molar-refractivity contribution in [1.29, 1.82) is 0 Å². The third-order valence-electron chi connectivity index (χ3n) is 3.68. The molecule has 0 N–H and O–H groups in total. The number of halogens is 1. The summed E-state index contributed by atoms with van der Waals surface area (Å²) in [6, 6.07) is -0.190. The van der Waals surface area contributed by atoms with Gasteiger partial charge >= 0.3 is 6.09 Å². The molecule has 0 bridgehead atoms. The van der Waals surface area contributed by atoms with Gasteiger partial charge in [-0.25, -0.2) is 14.8 Å². The minimum Gasteiger partial charge on any atom is -0.444 e. The maximum absolute atomic E-state index is 12.4. The smallest absolute Gasteiger partial charge is 0.410 e. The summed E-state index contributed by atoms with van der Waals surface area (Å²) in [6.45, 7) is 6.18. The lowest BCUT2D eigenvalue weighted by molar-refractivity contribution is 0.0218. The number of likely N-dealkylation sites (tertiary alicyclic amines) is 1. The van der Waals surface area contributed by atoms with Crippen LogP contribution in [0.4, 0.5) is 4.79 Å². The number of rotatable bonds is 3. The van der Waals surface area contributed by atoms with Gasteiger partial charge in [-0.3, -0.25) is 4.90 Å². The Balaban J connectivity index is 1.75. The monoisotopic (exact) mass is 365 g/mol. The molecule has 1 saturated heterocycles.